The SMILES string of the molecule is O=C(O)/C=C/c1ccc(Cl)cc1Oc1ccc(F)c(F)c1. The van der Waals surface area contributed by atoms with Gasteiger partial charge in [-0.15, -0.1) is 0 Å². The Morgan fingerprint density at radius 2 is 1.90 bits per heavy atom. The Bertz CT molecular complexity index is 714. The molecule has 0 aliphatic rings. The van der Waals surface area contributed by atoms with E-state index in [1.165, 1.54) is 18.2 Å². The number of rotatable bonds is 4. The second-order valence-electron chi connectivity index (χ2n) is 4.03. The number of hydrogen-bond donors (Lipinski definition) is 1. The van der Waals surface area contributed by atoms with E-state index >= 15 is 0 Å². The number of carboxylic acids is 1. The molecule has 2 aromatic carbocycles. The van der Waals surface area contributed by atoms with Gasteiger partial charge in [-0.25, -0.2) is 13.6 Å². The van der Waals surface area contributed by atoms with Gasteiger partial charge in [0.25, 0.3) is 0 Å². The maximum atomic E-state index is 13.1. The van der Waals surface area contributed by atoms with E-state index in [1.807, 2.05) is 0 Å². The van der Waals surface area contributed by atoms with Gasteiger partial charge in [0, 0.05) is 28.8 Å². The average Bonchev–Trinajstić information content (AvgIpc) is 2.42. The Labute approximate surface area is 124 Å². The van der Waals surface area contributed by atoms with Crippen LogP contribution in [-0.2, 0) is 4.79 Å². The van der Waals surface area contributed by atoms with Gasteiger partial charge in [0.15, 0.2) is 11.6 Å². The molecular formula is C15H9ClF2O3. The summed E-state index contributed by atoms with van der Waals surface area (Å²) in [6.07, 6.45) is 2.25. The minimum absolute atomic E-state index is 0.0705. The molecule has 0 amide bonds. The summed E-state index contributed by atoms with van der Waals surface area (Å²) in [4.78, 5) is 10.5. The van der Waals surface area contributed by atoms with E-state index in [-0.39, 0.29) is 11.5 Å². The van der Waals surface area contributed by atoms with Gasteiger partial charge in [0.2, 0.25) is 0 Å². The van der Waals surface area contributed by atoms with E-state index in [4.69, 9.17) is 21.4 Å². The molecule has 0 heterocycles. The molecule has 0 unspecified atom stereocenters. The standard InChI is InChI=1S/C15H9ClF2O3/c16-10-3-1-9(2-6-15(19)20)14(7-10)21-11-4-5-12(17)13(18)8-11/h1-8H,(H,19,20)/b6-2+. The van der Waals surface area contributed by atoms with Gasteiger partial charge in [-0.2, -0.15) is 0 Å². The van der Waals surface area contributed by atoms with Gasteiger partial charge in [0.05, 0.1) is 0 Å². The molecule has 0 aromatic heterocycles. The lowest BCUT2D eigenvalue weighted by atomic mass is 10.2. The van der Waals surface area contributed by atoms with Crippen LogP contribution in [0.3, 0.4) is 0 Å². The van der Waals surface area contributed by atoms with E-state index in [9.17, 15) is 13.6 Å². The van der Waals surface area contributed by atoms with Crippen molar-refractivity contribution in [1.82, 2.24) is 0 Å². The molecule has 2 rings (SSSR count). The molecule has 0 bridgehead atoms. The lowest BCUT2D eigenvalue weighted by Crippen LogP contribution is -1.91. The molecular weight excluding hydrogens is 302 g/mol. The molecule has 21 heavy (non-hydrogen) atoms. The molecule has 2 aromatic rings. The number of ether oxygens (including phenoxy) is 1. The maximum absolute atomic E-state index is 13.1. The summed E-state index contributed by atoms with van der Waals surface area (Å²) in [5, 5.41) is 8.99. The molecule has 6 heteroatoms. The summed E-state index contributed by atoms with van der Waals surface area (Å²) in [5.41, 5.74) is 0.437. The van der Waals surface area contributed by atoms with Gasteiger partial charge >= 0.3 is 5.97 Å². The van der Waals surface area contributed by atoms with Crippen molar-refractivity contribution in [3.05, 3.63) is 64.7 Å². The van der Waals surface area contributed by atoms with Gasteiger partial charge in [0.1, 0.15) is 11.5 Å². The maximum Gasteiger partial charge on any atom is 0.328 e. The highest BCUT2D eigenvalue weighted by molar-refractivity contribution is 6.30. The zero-order valence-corrected chi connectivity index (χ0v) is 11.3. The van der Waals surface area contributed by atoms with Crippen molar-refractivity contribution in [2.75, 3.05) is 0 Å². The lowest BCUT2D eigenvalue weighted by molar-refractivity contribution is -0.131. The van der Waals surface area contributed by atoms with Gasteiger partial charge in [-0.1, -0.05) is 11.6 Å². The Hall–Kier alpha value is -2.40. The van der Waals surface area contributed by atoms with Crippen molar-refractivity contribution >= 4 is 23.6 Å². The smallest absolute Gasteiger partial charge is 0.328 e. The first-order valence-electron chi connectivity index (χ1n) is 5.79. The first-order valence-corrected chi connectivity index (χ1v) is 6.17. The second kappa shape index (κ2) is 6.37. The first-order chi connectivity index (χ1) is 9.95. The van der Waals surface area contributed by atoms with Crippen molar-refractivity contribution in [3.63, 3.8) is 0 Å². The Balaban J connectivity index is 2.35. The van der Waals surface area contributed by atoms with Crippen LogP contribution in [0.4, 0.5) is 8.78 Å². The molecule has 0 fully saturated rings. The third-order valence-corrected chi connectivity index (χ3v) is 2.74. The molecule has 0 spiro atoms. The van der Waals surface area contributed by atoms with Crippen LogP contribution >= 0.6 is 11.6 Å². The van der Waals surface area contributed by atoms with E-state index in [1.54, 1.807) is 12.1 Å². The van der Waals surface area contributed by atoms with Crippen LogP contribution in [-0.4, -0.2) is 11.1 Å². The van der Waals surface area contributed by atoms with Crippen molar-refractivity contribution in [2.24, 2.45) is 0 Å². The first kappa shape index (κ1) is 15.0. The molecule has 0 atom stereocenters. The largest absolute Gasteiger partial charge is 0.478 e. The highest BCUT2D eigenvalue weighted by Crippen LogP contribution is 2.30. The molecule has 0 aliphatic heterocycles. The molecule has 0 saturated heterocycles. The number of benzene rings is 2. The van der Waals surface area contributed by atoms with Crippen molar-refractivity contribution in [2.45, 2.75) is 0 Å². The summed E-state index contributed by atoms with van der Waals surface area (Å²) in [5.74, 6) is -2.85. The Morgan fingerprint density at radius 3 is 2.57 bits per heavy atom. The normalized spacial score (nSPS) is 10.8. The van der Waals surface area contributed by atoms with Crippen molar-refractivity contribution in [3.8, 4) is 11.5 Å². The number of carbonyl (C=O) groups is 1. The number of halogens is 3. The van der Waals surface area contributed by atoms with Crippen LogP contribution in [0, 0.1) is 11.6 Å². The zero-order chi connectivity index (χ0) is 15.4. The van der Waals surface area contributed by atoms with E-state index in [2.05, 4.69) is 0 Å². The van der Waals surface area contributed by atoms with Crippen molar-refractivity contribution < 1.29 is 23.4 Å². The van der Waals surface area contributed by atoms with E-state index in [0.717, 1.165) is 18.2 Å². The highest BCUT2D eigenvalue weighted by atomic mass is 35.5. The zero-order valence-electron chi connectivity index (χ0n) is 10.5. The fourth-order valence-corrected chi connectivity index (χ4v) is 1.72. The highest BCUT2D eigenvalue weighted by Gasteiger charge is 2.08. The number of carboxylic acid groups (broad SMARTS) is 1. The lowest BCUT2D eigenvalue weighted by Gasteiger charge is -2.09. The molecule has 3 nitrogen and oxygen atoms in total. The summed E-state index contributed by atoms with van der Waals surface area (Å²) in [7, 11) is 0. The minimum Gasteiger partial charge on any atom is -0.478 e. The monoisotopic (exact) mass is 310 g/mol. The Morgan fingerprint density at radius 1 is 1.14 bits per heavy atom. The topological polar surface area (TPSA) is 46.5 Å². The third-order valence-electron chi connectivity index (χ3n) is 2.50. The van der Waals surface area contributed by atoms with Gasteiger partial charge in [-0.3, -0.25) is 0 Å². The Kier molecular flexibility index (Phi) is 4.55. The molecule has 0 saturated carbocycles. The molecule has 0 aliphatic carbocycles. The van der Waals surface area contributed by atoms with Crippen LogP contribution in [0.5, 0.6) is 11.5 Å². The van der Waals surface area contributed by atoms with E-state index < -0.39 is 17.6 Å². The summed E-state index contributed by atoms with van der Waals surface area (Å²) in [6, 6.07) is 7.63. The minimum atomic E-state index is -1.12. The van der Waals surface area contributed by atoms with Crippen LogP contribution < -0.4 is 4.74 Å². The average molecular weight is 311 g/mol. The molecule has 108 valence electrons. The van der Waals surface area contributed by atoms with Crippen LogP contribution in [0.2, 0.25) is 5.02 Å². The molecule has 1 N–H and O–H groups in total. The van der Waals surface area contributed by atoms with Crippen molar-refractivity contribution in [1.29, 1.82) is 0 Å². The van der Waals surface area contributed by atoms with Gasteiger partial charge < -0.3 is 9.84 Å². The number of aliphatic carboxylic acids is 1. The fraction of sp³-hybridized carbons (Fsp3) is 0. The predicted octanol–water partition coefficient (Wildman–Crippen LogP) is 4.51. The van der Waals surface area contributed by atoms with Crippen LogP contribution in [0.1, 0.15) is 5.56 Å². The second-order valence-corrected chi connectivity index (χ2v) is 4.47. The summed E-state index contributed by atoms with van der Waals surface area (Å²) < 4.78 is 31.4. The summed E-state index contributed by atoms with van der Waals surface area (Å²) >= 11 is 5.85. The predicted molar refractivity (Wildman–Crippen MR) is 74.6 cm³/mol. The third kappa shape index (κ3) is 4.03. The fourth-order valence-electron chi connectivity index (χ4n) is 1.56. The number of hydrogen-bond acceptors (Lipinski definition) is 2. The van der Waals surface area contributed by atoms with E-state index in [0.29, 0.717) is 10.6 Å². The quantitative estimate of drug-likeness (QED) is 0.845. The van der Waals surface area contributed by atoms with Crippen LogP contribution in [0.15, 0.2) is 42.5 Å². The van der Waals surface area contributed by atoms with Gasteiger partial charge in [-0.05, 0) is 30.3 Å². The van der Waals surface area contributed by atoms with Crippen LogP contribution in [0.25, 0.3) is 6.08 Å². The molecule has 0 radical (unpaired) electrons. The summed E-state index contributed by atoms with van der Waals surface area (Å²) in [6.45, 7) is 0.